The Morgan fingerprint density at radius 2 is 2.09 bits per heavy atom. The van der Waals surface area contributed by atoms with Crippen LogP contribution < -0.4 is 5.32 Å². The predicted octanol–water partition coefficient (Wildman–Crippen LogP) is 3.87. The van der Waals surface area contributed by atoms with Gasteiger partial charge in [0, 0.05) is 23.5 Å². The van der Waals surface area contributed by atoms with Gasteiger partial charge in [0.25, 0.3) is 0 Å². The number of carbonyl (C=O) groups excluding carboxylic acids is 1. The van der Waals surface area contributed by atoms with E-state index in [9.17, 15) is 4.79 Å². The fourth-order valence-corrected chi connectivity index (χ4v) is 3.13. The molecular formula is C17H17N3OS. The van der Waals surface area contributed by atoms with Crippen LogP contribution in [0, 0.1) is 6.92 Å². The molecule has 112 valence electrons. The van der Waals surface area contributed by atoms with Crippen LogP contribution in [0.2, 0.25) is 0 Å². The van der Waals surface area contributed by atoms with Crippen LogP contribution >= 0.6 is 11.3 Å². The summed E-state index contributed by atoms with van der Waals surface area (Å²) in [6.07, 6.45) is 6.10. The van der Waals surface area contributed by atoms with Gasteiger partial charge in [-0.15, -0.1) is 11.3 Å². The molecule has 0 aliphatic carbocycles. The van der Waals surface area contributed by atoms with Gasteiger partial charge in [-0.2, -0.15) is 0 Å². The topological polar surface area (TPSA) is 46.9 Å². The first-order valence-corrected chi connectivity index (χ1v) is 7.99. The summed E-state index contributed by atoms with van der Waals surface area (Å²) in [6.45, 7) is 1.97. The van der Waals surface area contributed by atoms with Crippen LogP contribution in [-0.4, -0.2) is 15.5 Å². The third kappa shape index (κ3) is 3.43. The highest BCUT2D eigenvalue weighted by molar-refractivity contribution is 7.10. The van der Waals surface area contributed by atoms with E-state index in [1.54, 1.807) is 17.5 Å². The number of thiophene rings is 1. The van der Waals surface area contributed by atoms with E-state index in [2.05, 4.69) is 20.9 Å². The molecule has 0 unspecified atom stereocenters. The average Bonchev–Trinajstić information content (AvgIpc) is 3.21. The molecule has 3 aromatic heterocycles. The number of nitrogens with zero attached hydrogens (tertiary/aromatic N) is 2. The zero-order chi connectivity index (χ0) is 15.4. The van der Waals surface area contributed by atoms with Crippen molar-refractivity contribution in [1.29, 1.82) is 0 Å². The summed E-state index contributed by atoms with van der Waals surface area (Å²) >= 11 is 1.66. The van der Waals surface area contributed by atoms with Crippen molar-refractivity contribution in [2.45, 2.75) is 19.4 Å². The number of aryl methyl sites for hydroxylation is 1. The van der Waals surface area contributed by atoms with Crippen LogP contribution in [0.5, 0.6) is 0 Å². The van der Waals surface area contributed by atoms with Gasteiger partial charge >= 0.3 is 0 Å². The number of amides is 1. The molecule has 4 nitrogen and oxygen atoms in total. The van der Waals surface area contributed by atoms with E-state index in [0.29, 0.717) is 12.2 Å². The molecule has 0 bridgehead atoms. The third-order valence-corrected chi connectivity index (χ3v) is 4.39. The Balaban J connectivity index is 1.73. The van der Waals surface area contributed by atoms with Crippen molar-refractivity contribution in [1.82, 2.24) is 9.55 Å². The van der Waals surface area contributed by atoms with E-state index in [1.165, 1.54) is 4.88 Å². The molecule has 0 saturated carbocycles. The highest BCUT2D eigenvalue weighted by Crippen LogP contribution is 2.26. The van der Waals surface area contributed by atoms with Gasteiger partial charge in [0.1, 0.15) is 5.82 Å². The molecule has 0 saturated heterocycles. The van der Waals surface area contributed by atoms with Crippen LogP contribution in [0.1, 0.15) is 22.9 Å². The van der Waals surface area contributed by atoms with Crippen molar-refractivity contribution < 1.29 is 4.79 Å². The van der Waals surface area contributed by atoms with Gasteiger partial charge in [-0.05, 0) is 42.1 Å². The molecule has 3 rings (SSSR count). The van der Waals surface area contributed by atoms with Crippen LogP contribution in [0.25, 0.3) is 0 Å². The van der Waals surface area contributed by atoms with E-state index in [0.717, 1.165) is 5.56 Å². The van der Waals surface area contributed by atoms with Gasteiger partial charge in [-0.25, -0.2) is 4.98 Å². The first-order valence-electron chi connectivity index (χ1n) is 7.11. The molecule has 0 fully saturated rings. The second kappa shape index (κ2) is 6.58. The summed E-state index contributed by atoms with van der Waals surface area (Å²) in [4.78, 5) is 17.7. The molecule has 1 N–H and O–H groups in total. The average molecular weight is 311 g/mol. The Morgan fingerprint density at radius 3 is 2.73 bits per heavy atom. The molecule has 1 amide bonds. The fraction of sp³-hybridized carbons (Fsp3) is 0.176. The van der Waals surface area contributed by atoms with Crippen molar-refractivity contribution in [2.24, 2.45) is 0 Å². The molecule has 0 aromatic carbocycles. The maximum absolute atomic E-state index is 12.3. The molecule has 3 heterocycles. The number of rotatable bonds is 5. The minimum Gasteiger partial charge on any atom is -0.346 e. The monoisotopic (exact) mass is 311 g/mol. The van der Waals surface area contributed by atoms with Crippen LogP contribution in [0.3, 0.4) is 0 Å². The molecule has 0 spiro atoms. The van der Waals surface area contributed by atoms with Crippen molar-refractivity contribution in [3.8, 4) is 0 Å². The first-order chi connectivity index (χ1) is 10.7. The molecule has 3 aromatic rings. The predicted molar refractivity (Wildman–Crippen MR) is 89.1 cm³/mol. The second-order valence-electron chi connectivity index (χ2n) is 5.13. The first kappa shape index (κ1) is 14.5. The molecule has 0 radical (unpaired) electrons. The number of nitrogens with one attached hydrogen (secondary N) is 1. The van der Waals surface area contributed by atoms with E-state index in [-0.39, 0.29) is 11.9 Å². The lowest BCUT2D eigenvalue weighted by Crippen LogP contribution is -2.19. The maximum Gasteiger partial charge on any atom is 0.227 e. The van der Waals surface area contributed by atoms with Gasteiger partial charge in [0.05, 0.1) is 12.5 Å². The number of anilines is 1. The van der Waals surface area contributed by atoms with Crippen molar-refractivity contribution in [3.63, 3.8) is 0 Å². The van der Waals surface area contributed by atoms with Gasteiger partial charge in [-0.1, -0.05) is 12.1 Å². The zero-order valence-electron chi connectivity index (χ0n) is 12.3. The van der Waals surface area contributed by atoms with E-state index >= 15 is 0 Å². The van der Waals surface area contributed by atoms with Crippen molar-refractivity contribution in [3.05, 3.63) is 70.8 Å². The summed E-state index contributed by atoms with van der Waals surface area (Å²) in [5, 5.41) is 4.90. The summed E-state index contributed by atoms with van der Waals surface area (Å²) in [7, 11) is 0. The number of hydrogen-bond acceptors (Lipinski definition) is 3. The molecule has 0 aliphatic rings. The van der Waals surface area contributed by atoms with Crippen molar-refractivity contribution in [2.75, 3.05) is 5.32 Å². The normalized spacial score (nSPS) is 12.0. The smallest absolute Gasteiger partial charge is 0.227 e. The third-order valence-electron chi connectivity index (χ3n) is 3.42. The molecule has 5 heteroatoms. The van der Waals surface area contributed by atoms with Crippen molar-refractivity contribution >= 4 is 23.1 Å². The van der Waals surface area contributed by atoms with E-state index in [1.807, 2.05) is 55.0 Å². The standard InChI is InChI=1S/C17H17N3OS/c1-13-6-7-16(18-12-13)19-17(21)11-14(15-5-4-10-22-15)20-8-2-3-9-20/h2-10,12,14H,11H2,1H3,(H,18,19,21)/t14-/m1/s1. The summed E-state index contributed by atoms with van der Waals surface area (Å²) in [6, 6.07) is 11.8. The maximum atomic E-state index is 12.3. The molecule has 1 atom stereocenters. The number of hydrogen-bond donors (Lipinski definition) is 1. The van der Waals surface area contributed by atoms with Gasteiger partial charge in [-0.3, -0.25) is 4.79 Å². The Labute approximate surface area is 133 Å². The minimum absolute atomic E-state index is 0.0143. The number of aromatic nitrogens is 2. The lowest BCUT2D eigenvalue weighted by atomic mass is 10.1. The highest BCUT2D eigenvalue weighted by Gasteiger charge is 2.18. The number of carbonyl (C=O) groups is 1. The highest BCUT2D eigenvalue weighted by atomic mass is 32.1. The largest absolute Gasteiger partial charge is 0.346 e. The van der Waals surface area contributed by atoms with Crippen LogP contribution in [0.4, 0.5) is 5.82 Å². The Bertz CT molecular complexity index is 684. The Kier molecular flexibility index (Phi) is 4.34. The Morgan fingerprint density at radius 1 is 1.27 bits per heavy atom. The summed E-state index contributed by atoms with van der Waals surface area (Å²) < 4.78 is 2.06. The quantitative estimate of drug-likeness (QED) is 0.777. The fourth-order valence-electron chi connectivity index (χ4n) is 2.30. The lowest BCUT2D eigenvalue weighted by Gasteiger charge is -2.17. The van der Waals surface area contributed by atoms with Gasteiger partial charge in [0.2, 0.25) is 5.91 Å². The Hall–Kier alpha value is -2.40. The number of pyridine rings is 1. The van der Waals surface area contributed by atoms with Gasteiger partial charge < -0.3 is 9.88 Å². The van der Waals surface area contributed by atoms with Gasteiger partial charge in [0.15, 0.2) is 0 Å². The second-order valence-corrected chi connectivity index (χ2v) is 6.11. The van der Waals surface area contributed by atoms with Crippen LogP contribution in [0.15, 0.2) is 60.4 Å². The SMILES string of the molecule is Cc1ccc(NC(=O)C[C@H](c2cccs2)n2cccc2)nc1. The zero-order valence-corrected chi connectivity index (χ0v) is 13.1. The molecule has 0 aliphatic heterocycles. The lowest BCUT2D eigenvalue weighted by molar-refractivity contribution is -0.116. The summed E-state index contributed by atoms with van der Waals surface area (Å²) in [5.41, 5.74) is 1.07. The van der Waals surface area contributed by atoms with E-state index in [4.69, 9.17) is 0 Å². The summed E-state index contributed by atoms with van der Waals surface area (Å²) in [5.74, 6) is 0.552. The molecular weight excluding hydrogens is 294 g/mol. The minimum atomic E-state index is -0.0385. The van der Waals surface area contributed by atoms with Crippen LogP contribution in [-0.2, 0) is 4.79 Å². The molecule has 22 heavy (non-hydrogen) atoms. The van der Waals surface area contributed by atoms with E-state index < -0.39 is 0 Å².